The minimum atomic E-state index is -3.80. The maximum Gasteiger partial charge on any atom is 0.362 e. The van der Waals surface area contributed by atoms with Crippen LogP contribution in [0.5, 0.6) is 5.75 Å². The molecular formula is C31H31Cl3F2N6O4S. The highest BCUT2D eigenvalue weighted by molar-refractivity contribution is 7.99. The molecular weight excluding hydrogens is 697 g/mol. The van der Waals surface area contributed by atoms with Crippen LogP contribution in [0, 0.1) is 11.3 Å². The van der Waals surface area contributed by atoms with Crippen molar-refractivity contribution in [1.29, 1.82) is 5.26 Å². The molecule has 47 heavy (non-hydrogen) atoms. The molecule has 1 fully saturated rings. The number of anilines is 1. The summed E-state index contributed by atoms with van der Waals surface area (Å²) in [7, 11) is 1.98. The first-order valence-electron chi connectivity index (χ1n) is 14.4. The summed E-state index contributed by atoms with van der Waals surface area (Å²) in [5.74, 6) is 0.119. The standard InChI is InChI=1S/C17H22N4O2.C14H9Cl3F2N2O2S/c1-3-20-7-4-8-21(17(20)23)15-9-12-11-19(2)14(5-6-18)13(12)10-16(15)22;15-8-2-1-6(4-20)11(16)12(8)24-9-3-10(14(17,18)19)21-13(23)7(9)5-22/h9-10,14,22H,3-5,7-8,11H2,1-2H3;1-3,5H,4,20H2,(H,21,23). The maximum absolute atomic E-state index is 13.3. The van der Waals surface area contributed by atoms with Crippen LogP contribution in [0.25, 0.3) is 0 Å². The number of urea groups is 1. The largest absolute Gasteiger partial charge is 0.506 e. The molecule has 3 aromatic rings. The summed E-state index contributed by atoms with van der Waals surface area (Å²) in [5, 5.41) is 16.1. The molecule has 2 aliphatic heterocycles. The van der Waals surface area contributed by atoms with Crippen molar-refractivity contribution in [3.63, 3.8) is 0 Å². The molecule has 0 spiro atoms. The van der Waals surface area contributed by atoms with Gasteiger partial charge in [0.25, 0.3) is 5.56 Å². The van der Waals surface area contributed by atoms with E-state index in [1.807, 2.05) is 25.0 Å². The SMILES string of the molecule is CCN1CCCN(c2cc3c(cc2O)C(CC#N)N(C)C3)C1=O.NCc1ccc(Cl)c(Sc2cc(C(F)(F)Cl)[nH]c(=O)c2C=O)c1Cl. The number of pyridine rings is 1. The lowest BCUT2D eigenvalue weighted by Crippen LogP contribution is -2.49. The number of aromatic hydroxyl groups is 1. The molecule has 0 aliphatic carbocycles. The number of carbonyl (C=O) groups excluding carboxylic acids is 2. The number of fused-ring (bicyclic) bond motifs is 1. The third-order valence-corrected chi connectivity index (χ3v) is 10.2. The second-order valence-corrected chi connectivity index (χ2v) is 13.1. The predicted octanol–water partition coefficient (Wildman–Crippen LogP) is 6.84. The molecule has 1 aromatic heterocycles. The average molecular weight is 728 g/mol. The lowest BCUT2D eigenvalue weighted by atomic mass is 10.0. The van der Waals surface area contributed by atoms with Crippen LogP contribution in [0.2, 0.25) is 10.0 Å². The van der Waals surface area contributed by atoms with Crippen LogP contribution >= 0.6 is 46.6 Å². The number of nitrogens with zero attached hydrogens (tertiary/aromatic N) is 4. The predicted molar refractivity (Wildman–Crippen MR) is 178 cm³/mol. The summed E-state index contributed by atoms with van der Waals surface area (Å²) in [6.07, 6.45) is 1.55. The molecule has 3 heterocycles. The minimum Gasteiger partial charge on any atom is -0.506 e. The van der Waals surface area contributed by atoms with Crippen LogP contribution < -0.4 is 16.2 Å². The number of nitrogens with one attached hydrogen (secondary N) is 1. The third kappa shape index (κ3) is 7.85. The first kappa shape index (κ1) is 36.5. The van der Waals surface area contributed by atoms with Crippen molar-refractivity contribution in [2.45, 2.75) is 54.1 Å². The molecule has 5 rings (SSSR count). The Bertz CT molecular complexity index is 1780. The number of phenols is 1. The molecule has 250 valence electrons. The number of alkyl halides is 3. The number of aromatic nitrogens is 1. The Morgan fingerprint density at radius 1 is 1.23 bits per heavy atom. The Morgan fingerprint density at radius 3 is 2.57 bits per heavy atom. The average Bonchev–Trinajstić information content (AvgIpc) is 3.32. The summed E-state index contributed by atoms with van der Waals surface area (Å²) in [4.78, 5) is 43.2. The van der Waals surface area contributed by atoms with E-state index in [4.69, 9.17) is 45.8 Å². The topological polar surface area (TPSA) is 147 Å². The fraction of sp³-hybridized carbons (Fsp3) is 0.355. The number of hydrogen-bond donors (Lipinski definition) is 3. The third-order valence-electron chi connectivity index (χ3n) is 7.83. The van der Waals surface area contributed by atoms with E-state index < -0.39 is 16.6 Å². The fourth-order valence-corrected chi connectivity index (χ4v) is 7.21. The number of benzene rings is 2. The van der Waals surface area contributed by atoms with Gasteiger partial charge in [-0.25, -0.2) is 4.79 Å². The summed E-state index contributed by atoms with van der Waals surface area (Å²) in [5.41, 5.74) is 6.62. The van der Waals surface area contributed by atoms with E-state index in [9.17, 15) is 28.3 Å². The van der Waals surface area contributed by atoms with Crippen molar-refractivity contribution in [2.24, 2.45) is 5.73 Å². The number of rotatable bonds is 8. The van der Waals surface area contributed by atoms with Crippen LogP contribution in [0.4, 0.5) is 19.3 Å². The summed E-state index contributed by atoms with van der Waals surface area (Å²) < 4.78 is 26.6. The number of nitrogens with two attached hydrogens (primary N) is 1. The van der Waals surface area contributed by atoms with E-state index in [0.29, 0.717) is 35.7 Å². The van der Waals surface area contributed by atoms with Crippen LogP contribution in [0.3, 0.4) is 0 Å². The van der Waals surface area contributed by atoms with Crippen molar-refractivity contribution in [1.82, 2.24) is 14.8 Å². The van der Waals surface area contributed by atoms with Gasteiger partial charge in [0.2, 0.25) is 0 Å². The molecule has 2 aromatic carbocycles. The summed E-state index contributed by atoms with van der Waals surface area (Å²) in [6.45, 7) is 4.89. The van der Waals surface area contributed by atoms with Crippen molar-refractivity contribution < 1.29 is 23.5 Å². The van der Waals surface area contributed by atoms with Crippen molar-refractivity contribution in [3.8, 4) is 11.8 Å². The van der Waals surface area contributed by atoms with Crippen molar-refractivity contribution in [2.75, 3.05) is 31.6 Å². The Kier molecular flexibility index (Phi) is 11.8. The fourth-order valence-electron chi connectivity index (χ4n) is 5.40. The van der Waals surface area contributed by atoms with Crippen molar-refractivity contribution >= 4 is 64.6 Å². The van der Waals surface area contributed by atoms with Crippen LogP contribution in [0.15, 0.2) is 44.9 Å². The molecule has 0 bridgehead atoms. The normalized spacial score (nSPS) is 16.4. The minimum absolute atomic E-state index is 0.0131. The van der Waals surface area contributed by atoms with Gasteiger partial charge >= 0.3 is 11.4 Å². The van der Waals surface area contributed by atoms with Gasteiger partial charge in [0.05, 0.1) is 33.8 Å². The highest BCUT2D eigenvalue weighted by Crippen LogP contribution is 2.43. The van der Waals surface area contributed by atoms with Gasteiger partial charge < -0.3 is 20.7 Å². The molecule has 4 N–H and O–H groups in total. The summed E-state index contributed by atoms with van der Waals surface area (Å²) >= 11 is 18.0. The first-order chi connectivity index (χ1) is 22.2. The Morgan fingerprint density at radius 2 is 1.96 bits per heavy atom. The molecule has 10 nitrogen and oxygen atoms in total. The number of amides is 2. The van der Waals surface area contributed by atoms with Crippen molar-refractivity contribution in [3.05, 3.63) is 78.7 Å². The van der Waals surface area contributed by atoms with Crippen LogP contribution in [0.1, 0.15) is 58.5 Å². The van der Waals surface area contributed by atoms with Gasteiger partial charge in [-0.1, -0.05) is 41.0 Å². The van der Waals surface area contributed by atoms with Gasteiger partial charge in [-0.15, -0.1) is 0 Å². The lowest BCUT2D eigenvalue weighted by molar-refractivity contribution is 0.0891. The Labute approximate surface area is 289 Å². The maximum atomic E-state index is 13.3. The number of nitriles is 1. The first-order valence-corrected chi connectivity index (χ1v) is 16.3. The number of aldehydes is 1. The van der Waals surface area contributed by atoms with E-state index in [2.05, 4.69) is 11.0 Å². The van der Waals surface area contributed by atoms with E-state index in [1.54, 1.807) is 21.9 Å². The molecule has 0 saturated carbocycles. The number of carbonyl (C=O) groups is 2. The Hall–Kier alpha value is -3.38. The van der Waals surface area contributed by atoms with Gasteiger partial charge in [-0.05, 0) is 72.9 Å². The van der Waals surface area contributed by atoms with E-state index in [1.165, 1.54) is 6.07 Å². The summed E-state index contributed by atoms with van der Waals surface area (Å²) in [6, 6.07) is 9.87. The second kappa shape index (κ2) is 15.2. The van der Waals surface area contributed by atoms with Gasteiger partial charge in [0.15, 0.2) is 6.29 Å². The number of H-pyrrole nitrogens is 1. The zero-order valence-corrected chi connectivity index (χ0v) is 28.4. The number of halogens is 5. The molecule has 1 unspecified atom stereocenters. The van der Waals surface area contributed by atoms with Crippen LogP contribution in [-0.4, -0.2) is 58.9 Å². The molecule has 1 saturated heterocycles. The van der Waals surface area contributed by atoms with E-state index >= 15 is 0 Å². The molecule has 2 amide bonds. The van der Waals surface area contributed by atoms with E-state index in [-0.39, 0.29) is 51.2 Å². The number of aromatic amines is 1. The quantitative estimate of drug-likeness (QED) is 0.169. The monoisotopic (exact) mass is 726 g/mol. The van der Waals surface area contributed by atoms with Gasteiger partial charge in [0, 0.05) is 48.6 Å². The molecule has 16 heteroatoms. The van der Waals surface area contributed by atoms with Gasteiger partial charge in [-0.2, -0.15) is 14.0 Å². The van der Waals surface area contributed by atoms with Crippen LogP contribution in [-0.2, 0) is 18.5 Å². The van der Waals surface area contributed by atoms with Gasteiger partial charge in [0.1, 0.15) is 11.4 Å². The number of phenolic OH excluding ortho intramolecular Hbond substituents is 1. The Balaban J connectivity index is 0.000000213. The molecule has 2 aliphatic rings. The van der Waals surface area contributed by atoms with Gasteiger partial charge in [-0.3, -0.25) is 19.4 Å². The molecule has 0 radical (unpaired) electrons. The highest BCUT2D eigenvalue weighted by Gasteiger charge is 2.33. The zero-order chi connectivity index (χ0) is 34.6. The smallest absolute Gasteiger partial charge is 0.362 e. The highest BCUT2D eigenvalue weighted by atomic mass is 35.5. The zero-order valence-electron chi connectivity index (χ0n) is 25.3. The van der Waals surface area contributed by atoms with E-state index in [0.717, 1.165) is 48.5 Å². The second-order valence-electron chi connectivity index (χ2n) is 10.8. The molecule has 1 atom stereocenters. The lowest BCUT2D eigenvalue weighted by Gasteiger charge is -2.35. The number of hydrogen-bond acceptors (Lipinski definition) is 8.